The van der Waals surface area contributed by atoms with Crippen molar-refractivity contribution in [2.75, 3.05) is 38.6 Å². The third-order valence-corrected chi connectivity index (χ3v) is 6.85. The fourth-order valence-corrected chi connectivity index (χ4v) is 5.72. The first-order valence-electron chi connectivity index (χ1n) is 10.9. The van der Waals surface area contributed by atoms with Crippen molar-refractivity contribution in [2.24, 2.45) is 5.92 Å². The lowest BCUT2D eigenvalue weighted by molar-refractivity contribution is 0.174. The van der Waals surface area contributed by atoms with Crippen LogP contribution in [0.2, 0.25) is 0 Å². The van der Waals surface area contributed by atoms with Gasteiger partial charge in [0.1, 0.15) is 0 Å². The van der Waals surface area contributed by atoms with Crippen molar-refractivity contribution in [3.63, 3.8) is 0 Å². The Kier molecular flexibility index (Phi) is 4.66. The van der Waals surface area contributed by atoms with Crippen molar-refractivity contribution in [3.05, 3.63) is 69.8 Å². The molecule has 0 spiro atoms. The molecule has 2 aliphatic rings. The first-order valence-corrected chi connectivity index (χ1v) is 10.9. The normalized spacial score (nSPS) is 23.1. The highest BCUT2D eigenvalue weighted by Crippen LogP contribution is 2.43. The fourth-order valence-electron chi connectivity index (χ4n) is 5.72. The molecule has 3 aromatic rings. The van der Waals surface area contributed by atoms with E-state index in [1.165, 1.54) is 27.9 Å². The van der Waals surface area contributed by atoms with E-state index in [0.717, 1.165) is 31.6 Å². The molecule has 0 aliphatic carbocycles. The van der Waals surface area contributed by atoms with Crippen molar-refractivity contribution in [1.29, 1.82) is 0 Å². The number of hydrogen-bond acceptors (Lipinski definition) is 4. The molecule has 2 aliphatic heterocycles. The van der Waals surface area contributed by atoms with E-state index in [9.17, 15) is 4.79 Å². The van der Waals surface area contributed by atoms with Crippen LogP contribution in [0.15, 0.2) is 47.4 Å². The van der Waals surface area contributed by atoms with Crippen LogP contribution in [0.4, 0.5) is 5.69 Å². The molecule has 30 heavy (non-hydrogen) atoms. The summed E-state index contributed by atoms with van der Waals surface area (Å²) in [5.41, 5.74) is 6.21. The number of aromatic nitrogens is 2. The summed E-state index contributed by atoms with van der Waals surface area (Å²) in [6.07, 6.45) is 3.10. The molecule has 0 unspecified atom stereocenters. The van der Waals surface area contributed by atoms with Gasteiger partial charge in [-0.25, -0.2) is 0 Å². The van der Waals surface area contributed by atoms with E-state index in [4.69, 9.17) is 0 Å². The molecule has 4 heterocycles. The largest absolute Gasteiger partial charge is 0.370 e. The lowest BCUT2D eigenvalue weighted by Crippen LogP contribution is -2.51. The van der Waals surface area contributed by atoms with Crippen LogP contribution in [0.1, 0.15) is 35.2 Å². The Labute approximate surface area is 178 Å². The number of likely N-dealkylation sites (N-methyl/N-ethyl adjacent to an activating group) is 1. The summed E-state index contributed by atoms with van der Waals surface area (Å²) in [6, 6.07) is 12.7. The van der Waals surface area contributed by atoms with Gasteiger partial charge in [0, 0.05) is 54.6 Å². The maximum Gasteiger partial charge on any atom is 0.251 e. The second-order valence-corrected chi connectivity index (χ2v) is 9.39. The minimum Gasteiger partial charge on any atom is -0.370 e. The van der Waals surface area contributed by atoms with Gasteiger partial charge in [-0.15, -0.1) is 0 Å². The van der Waals surface area contributed by atoms with E-state index in [1.54, 1.807) is 6.07 Å². The highest BCUT2D eigenvalue weighted by Gasteiger charge is 2.41. The van der Waals surface area contributed by atoms with Crippen molar-refractivity contribution in [3.8, 4) is 0 Å². The van der Waals surface area contributed by atoms with Crippen molar-refractivity contribution >= 4 is 16.6 Å². The second-order valence-electron chi connectivity index (χ2n) is 9.39. The van der Waals surface area contributed by atoms with Gasteiger partial charge in [0.05, 0.1) is 11.6 Å². The van der Waals surface area contributed by atoms with E-state index in [0.29, 0.717) is 11.8 Å². The zero-order chi connectivity index (χ0) is 21.0. The Hall–Kier alpha value is -2.66. The topological polar surface area (TPSA) is 41.4 Å². The van der Waals surface area contributed by atoms with Crippen molar-refractivity contribution < 1.29 is 0 Å². The molecule has 1 fully saturated rings. The minimum atomic E-state index is 0.142. The van der Waals surface area contributed by atoms with Crippen LogP contribution in [0.25, 0.3) is 10.9 Å². The molecule has 3 atom stereocenters. The van der Waals surface area contributed by atoms with Gasteiger partial charge >= 0.3 is 0 Å². The van der Waals surface area contributed by atoms with Gasteiger partial charge in [0.25, 0.3) is 5.56 Å². The monoisotopic (exact) mass is 402 g/mol. The molecule has 0 radical (unpaired) electrons. The maximum absolute atomic E-state index is 12.8. The molecule has 2 aromatic heterocycles. The molecule has 5 rings (SSSR count). The van der Waals surface area contributed by atoms with Crippen molar-refractivity contribution in [1.82, 2.24) is 14.5 Å². The first kappa shape index (κ1) is 19.3. The molecule has 1 aromatic carbocycles. The Morgan fingerprint density at radius 1 is 1.13 bits per heavy atom. The number of benzene rings is 1. The van der Waals surface area contributed by atoms with E-state index >= 15 is 0 Å². The smallest absolute Gasteiger partial charge is 0.251 e. The predicted molar refractivity (Wildman–Crippen MR) is 123 cm³/mol. The number of anilines is 1. The van der Waals surface area contributed by atoms with Crippen LogP contribution < -0.4 is 10.5 Å². The number of fused-ring (bicyclic) bond motifs is 5. The minimum absolute atomic E-state index is 0.142. The zero-order valence-electron chi connectivity index (χ0n) is 18.3. The van der Waals surface area contributed by atoms with Gasteiger partial charge in [-0.3, -0.25) is 9.78 Å². The van der Waals surface area contributed by atoms with Gasteiger partial charge in [0.15, 0.2) is 0 Å². The molecular formula is C25H30N4O. The van der Waals surface area contributed by atoms with Gasteiger partial charge in [-0.05, 0) is 64.0 Å². The quantitative estimate of drug-likeness (QED) is 0.669. The third kappa shape index (κ3) is 3.12. The fraction of sp³-hybridized carbons (Fsp3) is 0.440. The summed E-state index contributed by atoms with van der Waals surface area (Å²) in [7, 11) is 4.20. The predicted octanol–water partition coefficient (Wildman–Crippen LogP) is 3.74. The van der Waals surface area contributed by atoms with Crippen LogP contribution in [0, 0.1) is 19.8 Å². The number of rotatable bonds is 3. The summed E-state index contributed by atoms with van der Waals surface area (Å²) >= 11 is 0. The van der Waals surface area contributed by atoms with Gasteiger partial charge in [-0.1, -0.05) is 17.7 Å². The highest BCUT2D eigenvalue weighted by molar-refractivity contribution is 5.94. The molecule has 0 amide bonds. The van der Waals surface area contributed by atoms with Crippen LogP contribution in [0.5, 0.6) is 0 Å². The summed E-state index contributed by atoms with van der Waals surface area (Å²) < 4.78 is 2.09. The Morgan fingerprint density at radius 2 is 1.97 bits per heavy atom. The van der Waals surface area contributed by atoms with Gasteiger partial charge < -0.3 is 14.4 Å². The highest BCUT2D eigenvalue weighted by atomic mass is 16.1. The standard InChI is InChI=1S/C25H30N4O/c1-16-10-17(2)25-20(11-16)22(8-9-26-25)28-13-18-12-19(14-28)23(15-27(3)4)29-21(18)6-5-7-24(29)30/h5-11,18-19,23H,12-15H2,1-4H3/t18-,19+,23+/m1/s1. The summed E-state index contributed by atoms with van der Waals surface area (Å²) in [6.45, 7) is 7.11. The Morgan fingerprint density at radius 3 is 2.77 bits per heavy atom. The Balaban J connectivity index is 1.61. The zero-order valence-corrected chi connectivity index (χ0v) is 18.3. The average Bonchev–Trinajstić information content (AvgIpc) is 2.70. The summed E-state index contributed by atoms with van der Waals surface area (Å²) in [5, 5.41) is 1.24. The van der Waals surface area contributed by atoms with E-state index < -0.39 is 0 Å². The SMILES string of the molecule is Cc1cc(C)c2nccc(N3C[C@H]4C[C@@H](C3)[C@H](CN(C)C)n3c4cccc3=O)c2c1. The van der Waals surface area contributed by atoms with Crippen LogP contribution >= 0.6 is 0 Å². The van der Waals surface area contributed by atoms with E-state index in [1.807, 2.05) is 12.3 Å². The molecule has 0 N–H and O–H groups in total. The molecule has 2 bridgehead atoms. The number of aryl methyl sites for hydroxylation is 2. The number of hydrogen-bond donors (Lipinski definition) is 0. The molecule has 5 heteroatoms. The number of pyridine rings is 2. The molecule has 156 valence electrons. The lowest BCUT2D eigenvalue weighted by atomic mass is 9.78. The molecule has 5 nitrogen and oxygen atoms in total. The second kappa shape index (κ2) is 7.24. The van der Waals surface area contributed by atoms with Crippen LogP contribution in [0.3, 0.4) is 0 Å². The van der Waals surface area contributed by atoms with Gasteiger partial charge in [0.2, 0.25) is 0 Å². The Bertz CT molecular complexity index is 1170. The van der Waals surface area contributed by atoms with E-state index in [-0.39, 0.29) is 11.6 Å². The molecular weight excluding hydrogens is 372 g/mol. The maximum atomic E-state index is 12.8. The van der Waals surface area contributed by atoms with Gasteiger partial charge in [-0.2, -0.15) is 0 Å². The lowest BCUT2D eigenvalue weighted by Gasteiger charge is -2.48. The van der Waals surface area contributed by atoms with Crippen LogP contribution in [-0.2, 0) is 0 Å². The number of piperidine rings is 1. The third-order valence-electron chi connectivity index (χ3n) is 6.85. The average molecular weight is 403 g/mol. The molecule has 1 saturated heterocycles. The molecule has 0 saturated carbocycles. The summed E-state index contributed by atoms with van der Waals surface area (Å²) in [4.78, 5) is 22.2. The summed E-state index contributed by atoms with van der Waals surface area (Å²) in [5.74, 6) is 0.832. The van der Waals surface area contributed by atoms with E-state index in [2.05, 4.69) is 71.6 Å². The number of nitrogens with zero attached hydrogens (tertiary/aromatic N) is 4. The first-order chi connectivity index (χ1) is 14.4. The van der Waals surface area contributed by atoms with Crippen LogP contribution in [-0.4, -0.2) is 48.2 Å². The van der Waals surface area contributed by atoms with Crippen molar-refractivity contribution in [2.45, 2.75) is 32.2 Å².